The van der Waals surface area contributed by atoms with Crippen molar-refractivity contribution in [3.63, 3.8) is 0 Å². The Morgan fingerprint density at radius 3 is 2.29 bits per heavy atom. The fourth-order valence-electron chi connectivity index (χ4n) is 3.44. The number of aliphatic hydroxyl groups is 1. The highest BCUT2D eigenvalue weighted by atomic mass is 16.7. The molecule has 0 saturated carbocycles. The van der Waals surface area contributed by atoms with Crippen LogP contribution in [0.15, 0.2) is 72.8 Å². The molecule has 1 amide bonds. The molecule has 1 N–H and O–H groups in total. The first-order valence-electron chi connectivity index (χ1n) is 10.5. The second-order valence-electron chi connectivity index (χ2n) is 7.42. The number of hydroxylamine groups is 2. The number of aliphatic hydroxyl groups excluding tert-OH is 1. The van der Waals surface area contributed by atoms with Gasteiger partial charge in [-0.05, 0) is 36.6 Å². The first-order valence-corrected chi connectivity index (χ1v) is 10.5. The van der Waals surface area contributed by atoms with Crippen molar-refractivity contribution in [1.82, 2.24) is 5.06 Å². The van der Waals surface area contributed by atoms with Crippen molar-refractivity contribution in [2.45, 2.75) is 39.3 Å². The molecule has 5 heteroatoms. The first kappa shape index (κ1) is 22.4. The van der Waals surface area contributed by atoms with Crippen LogP contribution in [0.25, 0.3) is 0 Å². The highest BCUT2D eigenvalue weighted by molar-refractivity contribution is 5.76. The third kappa shape index (κ3) is 5.44. The number of carbonyl (C=O) groups excluding carboxylic acids is 1. The van der Waals surface area contributed by atoms with Crippen molar-refractivity contribution in [2.24, 2.45) is 0 Å². The molecule has 0 aliphatic carbocycles. The maximum atomic E-state index is 13.2. The highest BCUT2D eigenvalue weighted by Crippen LogP contribution is 2.33. The lowest BCUT2D eigenvalue weighted by atomic mass is 9.97. The minimum Gasteiger partial charge on any atom is -0.496 e. The Morgan fingerprint density at radius 2 is 1.68 bits per heavy atom. The lowest BCUT2D eigenvalue weighted by Gasteiger charge is -2.32. The van der Waals surface area contributed by atoms with Gasteiger partial charge in [-0.3, -0.25) is 4.79 Å². The smallest absolute Gasteiger partial charge is 0.256 e. The summed E-state index contributed by atoms with van der Waals surface area (Å²) in [6, 6.07) is 22.7. The molecule has 162 valence electrons. The van der Waals surface area contributed by atoms with Crippen molar-refractivity contribution in [1.29, 1.82) is 0 Å². The summed E-state index contributed by atoms with van der Waals surface area (Å²) in [6.45, 7) is 3.86. The van der Waals surface area contributed by atoms with Gasteiger partial charge in [-0.1, -0.05) is 67.1 Å². The number of carbonyl (C=O) groups is 1. The number of methoxy groups -OCH3 is 1. The molecular weight excluding hydrogens is 390 g/mol. The van der Waals surface area contributed by atoms with E-state index in [-0.39, 0.29) is 12.5 Å². The predicted octanol–water partition coefficient (Wildman–Crippen LogP) is 5.21. The Morgan fingerprint density at radius 1 is 1.00 bits per heavy atom. The zero-order valence-corrected chi connectivity index (χ0v) is 18.2. The maximum Gasteiger partial charge on any atom is 0.256 e. The second kappa shape index (κ2) is 10.6. The van der Waals surface area contributed by atoms with Crippen molar-refractivity contribution in [3.05, 3.63) is 95.1 Å². The summed E-state index contributed by atoms with van der Waals surface area (Å²) in [6.07, 6.45) is 1.07. The van der Waals surface area contributed by atoms with Gasteiger partial charge in [0.1, 0.15) is 11.8 Å². The van der Waals surface area contributed by atoms with E-state index in [1.165, 1.54) is 12.2 Å². The quantitative estimate of drug-likeness (QED) is 0.484. The summed E-state index contributed by atoms with van der Waals surface area (Å²) in [5.74, 6) is 0.864. The Labute approximate surface area is 183 Å². The number of hydrogen-bond donors (Lipinski definition) is 1. The molecule has 3 aromatic carbocycles. The molecule has 0 heterocycles. The normalized spacial score (nSPS) is 11.6. The van der Waals surface area contributed by atoms with Crippen molar-refractivity contribution in [2.75, 3.05) is 7.11 Å². The summed E-state index contributed by atoms with van der Waals surface area (Å²) < 4.78 is 5.37. The highest BCUT2D eigenvalue weighted by Gasteiger charge is 2.29. The summed E-state index contributed by atoms with van der Waals surface area (Å²) >= 11 is 0. The Bertz CT molecular complexity index is 986. The van der Waals surface area contributed by atoms with Crippen LogP contribution in [0.2, 0.25) is 0 Å². The fraction of sp³-hybridized carbons (Fsp3) is 0.269. The van der Waals surface area contributed by atoms with E-state index in [1.54, 1.807) is 18.2 Å². The number of ether oxygens (including phenoxy) is 1. The molecule has 1 unspecified atom stereocenters. The average Bonchev–Trinajstić information content (AvgIpc) is 2.80. The largest absolute Gasteiger partial charge is 0.496 e. The Kier molecular flexibility index (Phi) is 7.68. The van der Waals surface area contributed by atoms with E-state index in [0.717, 1.165) is 16.7 Å². The van der Waals surface area contributed by atoms with Gasteiger partial charge in [-0.15, -0.1) is 0 Å². The van der Waals surface area contributed by atoms with Gasteiger partial charge in [0.15, 0.2) is 5.75 Å². The van der Waals surface area contributed by atoms with Gasteiger partial charge < -0.3 is 14.7 Å². The molecule has 31 heavy (non-hydrogen) atoms. The van der Waals surface area contributed by atoms with Crippen LogP contribution in [0, 0.1) is 6.92 Å². The molecular formula is C26H29NO4. The van der Waals surface area contributed by atoms with Gasteiger partial charge >= 0.3 is 0 Å². The molecule has 3 rings (SSSR count). The number of nitrogens with zero attached hydrogens (tertiary/aromatic N) is 1. The van der Waals surface area contributed by atoms with Gasteiger partial charge in [-0.25, -0.2) is 0 Å². The molecule has 0 aromatic heterocycles. The number of aryl methyl sites for hydroxylation is 1. The molecule has 0 saturated heterocycles. The van der Waals surface area contributed by atoms with Gasteiger partial charge in [0.05, 0.1) is 13.7 Å². The average molecular weight is 420 g/mol. The maximum absolute atomic E-state index is 13.2. The molecule has 0 aliphatic heterocycles. The Hall–Kier alpha value is -3.31. The number of hydrogen-bond acceptors (Lipinski definition) is 4. The molecule has 0 radical (unpaired) electrons. The van der Waals surface area contributed by atoms with E-state index in [2.05, 4.69) is 0 Å². The summed E-state index contributed by atoms with van der Waals surface area (Å²) in [5.41, 5.74) is 3.71. The van der Waals surface area contributed by atoms with Crippen LogP contribution < -0.4 is 9.57 Å². The van der Waals surface area contributed by atoms with Crippen LogP contribution in [0.3, 0.4) is 0 Å². The molecule has 3 aromatic rings. The Balaban J connectivity index is 2.07. The zero-order chi connectivity index (χ0) is 22.2. The number of amides is 1. The van der Waals surface area contributed by atoms with E-state index >= 15 is 0 Å². The minimum absolute atomic E-state index is 0.109. The van der Waals surface area contributed by atoms with Crippen LogP contribution >= 0.6 is 0 Å². The summed E-state index contributed by atoms with van der Waals surface area (Å²) in [7, 11) is 1.54. The van der Waals surface area contributed by atoms with E-state index < -0.39 is 6.04 Å². The van der Waals surface area contributed by atoms with Gasteiger partial charge in [0, 0.05) is 18.1 Å². The standard InChI is InChI=1S/C26H29NO4/c1-4-8-25(29)27(31-23-16-15-22(18-28)24(17-23)30-3)26(20-9-6-5-7-10-20)21-13-11-19(2)12-14-21/h5-7,9-17,26,28H,4,8,18H2,1-3H3. The van der Waals surface area contributed by atoms with Crippen LogP contribution in [-0.2, 0) is 11.4 Å². The van der Waals surface area contributed by atoms with Gasteiger partial charge in [0.25, 0.3) is 5.91 Å². The molecule has 5 nitrogen and oxygen atoms in total. The second-order valence-corrected chi connectivity index (χ2v) is 7.42. The lowest BCUT2D eigenvalue weighted by molar-refractivity contribution is -0.163. The van der Waals surface area contributed by atoms with Gasteiger partial charge in [-0.2, -0.15) is 5.06 Å². The summed E-state index contributed by atoms with van der Waals surface area (Å²) in [5, 5.41) is 11.0. The van der Waals surface area contributed by atoms with E-state index in [0.29, 0.717) is 29.9 Å². The van der Waals surface area contributed by atoms with Crippen LogP contribution in [-0.4, -0.2) is 23.2 Å². The lowest BCUT2D eigenvalue weighted by Crippen LogP contribution is -2.38. The SMILES string of the molecule is CCCC(=O)N(Oc1ccc(CO)c(OC)c1)C(c1ccccc1)c1ccc(C)cc1. The molecule has 0 spiro atoms. The molecule has 0 aliphatic rings. The topological polar surface area (TPSA) is 59.0 Å². The third-order valence-electron chi connectivity index (χ3n) is 5.09. The fourth-order valence-corrected chi connectivity index (χ4v) is 3.44. The van der Waals surface area contributed by atoms with Crippen LogP contribution in [0.4, 0.5) is 0 Å². The van der Waals surface area contributed by atoms with Crippen molar-refractivity contribution < 1.29 is 19.5 Å². The van der Waals surface area contributed by atoms with Crippen LogP contribution in [0.1, 0.15) is 48.1 Å². The predicted molar refractivity (Wildman–Crippen MR) is 121 cm³/mol. The van der Waals surface area contributed by atoms with Gasteiger partial charge in [0.2, 0.25) is 0 Å². The molecule has 1 atom stereocenters. The monoisotopic (exact) mass is 419 g/mol. The number of rotatable bonds is 9. The van der Waals surface area contributed by atoms with E-state index in [9.17, 15) is 9.90 Å². The van der Waals surface area contributed by atoms with Crippen molar-refractivity contribution >= 4 is 5.91 Å². The van der Waals surface area contributed by atoms with Crippen molar-refractivity contribution in [3.8, 4) is 11.5 Å². The summed E-state index contributed by atoms with van der Waals surface area (Å²) in [4.78, 5) is 19.4. The molecule has 0 fully saturated rings. The zero-order valence-electron chi connectivity index (χ0n) is 18.2. The van der Waals surface area contributed by atoms with Crippen LogP contribution in [0.5, 0.6) is 11.5 Å². The van der Waals surface area contributed by atoms with E-state index in [1.807, 2.05) is 68.4 Å². The minimum atomic E-state index is -0.413. The first-order chi connectivity index (χ1) is 15.1. The molecule has 0 bridgehead atoms. The number of benzene rings is 3. The van der Waals surface area contributed by atoms with E-state index in [4.69, 9.17) is 9.57 Å². The third-order valence-corrected chi connectivity index (χ3v) is 5.09.